The van der Waals surface area contributed by atoms with Gasteiger partial charge in [-0.1, -0.05) is 6.92 Å². The number of aryl methyl sites for hydroxylation is 1. The van der Waals surface area contributed by atoms with Gasteiger partial charge in [0.25, 0.3) is 0 Å². The van der Waals surface area contributed by atoms with Crippen molar-refractivity contribution in [3.63, 3.8) is 0 Å². The summed E-state index contributed by atoms with van der Waals surface area (Å²) in [7, 11) is 0. The average Bonchev–Trinajstić information content (AvgIpc) is 2.75. The third-order valence-electron chi connectivity index (χ3n) is 2.67. The van der Waals surface area contributed by atoms with Gasteiger partial charge >= 0.3 is 0 Å². The van der Waals surface area contributed by atoms with Crippen LogP contribution in [0, 0.1) is 11.6 Å². The summed E-state index contributed by atoms with van der Waals surface area (Å²) in [5, 5.41) is 1.86. The van der Waals surface area contributed by atoms with Gasteiger partial charge in [0.15, 0.2) is 5.78 Å². The van der Waals surface area contributed by atoms with Gasteiger partial charge in [-0.2, -0.15) is 0 Å². The second kappa shape index (κ2) is 5.40. The van der Waals surface area contributed by atoms with Crippen molar-refractivity contribution in [2.45, 2.75) is 19.8 Å². The molecule has 0 spiro atoms. The van der Waals surface area contributed by atoms with Gasteiger partial charge in [-0.05, 0) is 41.1 Å². The predicted molar refractivity (Wildman–Crippen MR) is 68.1 cm³/mol. The van der Waals surface area contributed by atoms with Gasteiger partial charge in [0.05, 0.1) is 4.88 Å². The molecule has 2 aromatic rings. The lowest BCUT2D eigenvalue weighted by Crippen LogP contribution is -2.04. The Morgan fingerprint density at radius 3 is 2.50 bits per heavy atom. The van der Waals surface area contributed by atoms with E-state index in [1.54, 1.807) is 0 Å². The fourth-order valence-corrected chi connectivity index (χ4v) is 2.77. The topological polar surface area (TPSA) is 17.1 Å². The molecule has 0 fully saturated rings. The molecule has 94 valence electrons. The SMILES string of the molecule is CCc1ccsc1C(=O)Cc1cc(F)cc(F)c1. The summed E-state index contributed by atoms with van der Waals surface area (Å²) in [6.45, 7) is 1.97. The summed E-state index contributed by atoms with van der Waals surface area (Å²) in [4.78, 5) is 12.7. The first-order valence-corrected chi connectivity index (χ1v) is 6.52. The molecular formula is C14H12F2OS. The van der Waals surface area contributed by atoms with E-state index in [1.807, 2.05) is 18.4 Å². The van der Waals surface area contributed by atoms with E-state index in [4.69, 9.17) is 0 Å². The van der Waals surface area contributed by atoms with E-state index in [9.17, 15) is 13.6 Å². The first-order valence-electron chi connectivity index (χ1n) is 5.64. The lowest BCUT2D eigenvalue weighted by Gasteiger charge is -2.02. The van der Waals surface area contributed by atoms with Gasteiger partial charge in [0, 0.05) is 12.5 Å². The molecule has 0 saturated heterocycles. The number of hydrogen-bond acceptors (Lipinski definition) is 2. The number of Topliss-reactive ketones (excluding diaryl/α,β-unsaturated/α-hetero) is 1. The smallest absolute Gasteiger partial charge is 0.177 e. The molecule has 0 radical (unpaired) electrons. The number of hydrogen-bond donors (Lipinski definition) is 0. The van der Waals surface area contributed by atoms with Gasteiger partial charge in [-0.25, -0.2) is 8.78 Å². The van der Waals surface area contributed by atoms with Crippen LogP contribution in [0.15, 0.2) is 29.6 Å². The number of ketones is 1. The van der Waals surface area contributed by atoms with E-state index in [1.165, 1.54) is 23.5 Å². The molecule has 0 aliphatic carbocycles. The van der Waals surface area contributed by atoms with Crippen molar-refractivity contribution in [2.24, 2.45) is 0 Å². The number of halogens is 2. The maximum atomic E-state index is 13.0. The van der Waals surface area contributed by atoms with Crippen LogP contribution in [0.2, 0.25) is 0 Å². The number of carbonyl (C=O) groups excluding carboxylic acids is 1. The van der Waals surface area contributed by atoms with Gasteiger partial charge in [-0.3, -0.25) is 4.79 Å². The summed E-state index contributed by atoms with van der Waals surface area (Å²) < 4.78 is 26.0. The zero-order valence-corrected chi connectivity index (χ0v) is 10.7. The van der Waals surface area contributed by atoms with Crippen molar-refractivity contribution in [1.82, 2.24) is 0 Å². The third-order valence-corrected chi connectivity index (χ3v) is 3.67. The fraction of sp³-hybridized carbons (Fsp3) is 0.214. The van der Waals surface area contributed by atoms with Crippen LogP contribution in [-0.2, 0) is 12.8 Å². The number of benzene rings is 1. The first kappa shape index (κ1) is 12.9. The van der Waals surface area contributed by atoms with Crippen LogP contribution in [0.25, 0.3) is 0 Å². The summed E-state index contributed by atoms with van der Waals surface area (Å²) in [5.41, 5.74) is 1.36. The third kappa shape index (κ3) is 2.82. The van der Waals surface area contributed by atoms with Gasteiger partial charge in [-0.15, -0.1) is 11.3 Å². The van der Waals surface area contributed by atoms with Crippen molar-refractivity contribution >= 4 is 17.1 Å². The van der Waals surface area contributed by atoms with Crippen LogP contribution in [0.1, 0.15) is 27.7 Å². The molecule has 18 heavy (non-hydrogen) atoms. The summed E-state index contributed by atoms with van der Waals surface area (Å²) in [6.07, 6.45) is 0.810. The highest BCUT2D eigenvalue weighted by Crippen LogP contribution is 2.20. The molecule has 1 aromatic heterocycles. The van der Waals surface area contributed by atoms with E-state index in [2.05, 4.69) is 0 Å². The molecule has 0 aliphatic rings. The Morgan fingerprint density at radius 2 is 1.89 bits per heavy atom. The van der Waals surface area contributed by atoms with Crippen molar-refractivity contribution in [3.05, 3.63) is 57.3 Å². The molecule has 0 atom stereocenters. The Labute approximate surface area is 108 Å². The van der Waals surface area contributed by atoms with Gasteiger partial charge in [0.2, 0.25) is 0 Å². The molecule has 1 heterocycles. The summed E-state index contributed by atoms with van der Waals surface area (Å²) in [6, 6.07) is 5.10. The second-order valence-electron chi connectivity index (χ2n) is 4.01. The molecule has 0 amide bonds. The van der Waals surface area contributed by atoms with Crippen LogP contribution in [0.3, 0.4) is 0 Å². The maximum absolute atomic E-state index is 13.0. The molecular weight excluding hydrogens is 254 g/mol. The van der Waals surface area contributed by atoms with Crippen molar-refractivity contribution in [2.75, 3.05) is 0 Å². The van der Waals surface area contributed by atoms with Crippen LogP contribution in [0.5, 0.6) is 0 Å². The Hall–Kier alpha value is -1.55. The van der Waals surface area contributed by atoms with E-state index in [0.29, 0.717) is 10.4 Å². The Balaban J connectivity index is 2.21. The summed E-state index contributed by atoms with van der Waals surface area (Å²) in [5.74, 6) is -1.40. The fourth-order valence-electron chi connectivity index (χ4n) is 1.84. The highest BCUT2D eigenvalue weighted by molar-refractivity contribution is 7.12. The van der Waals surface area contributed by atoms with Crippen LogP contribution in [0.4, 0.5) is 8.78 Å². The highest BCUT2D eigenvalue weighted by atomic mass is 32.1. The molecule has 2 rings (SSSR count). The number of carbonyl (C=O) groups is 1. The molecule has 1 nitrogen and oxygen atoms in total. The molecule has 0 N–H and O–H groups in total. The molecule has 0 aliphatic heterocycles. The standard InChI is InChI=1S/C14H12F2OS/c1-2-10-3-4-18-14(10)13(17)7-9-5-11(15)8-12(16)6-9/h3-6,8H,2,7H2,1H3. The van der Waals surface area contributed by atoms with Gasteiger partial charge in [0.1, 0.15) is 11.6 Å². The Bertz CT molecular complexity index is 555. The molecule has 4 heteroatoms. The van der Waals surface area contributed by atoms with E-state index in [0.717, 1.165) is 18.1 Å². The zero-order valence-electron chi connectivity index (χ0n) is 9.87. The molecule has 0 unspecified atom stereocenters. The maximum Gasteiger partial charge on any atom is 0.177 e. The lowest BCUT2D eigenvalue weighted by atomic mass is 10.0. The minimum absolute atomic E-state index is 0.0300. The average molecular weight is 266 g/mol. The quantitative estimate of drug-likeness (QED) is 0.764. The minimum Gasteiger partial charge on any atom is -0.293 e. The number of rotatable bonds is 4. The lowest BCUT2D eigenvalue weighted by molar-refractivity contribution is 0.0996. The molecule has 0 bridgehead atoms. The minimum atomic E-state index is -0.653. The van der Waals surface area contributed by atoms with Crippen molar-refractivity contribution < 1.29 is 13.6 Å². The van der Waals surface area contributed by atoms with Crippen LogP contribution < -0.4 is 0 Å². The van der Waals surface area contributed by atoms with Crippen LogP contribution >= 0.6 is 11.3 Å². The van der Waals surface area contributed by atoms with Crippen LogP contribution in [-0.4, -0.2) is 5.78 Å². The predicted octanol–water partition coefficient (Wildman–Crippen LogP) is 4.01. The molecule has 0 saturated carbocycles. The van der Waals surface area contributed by atoms with E-state index < -0.39 is 11.6 Å². The Kier molecular flexibility index (Phi) is 3.87. The highest BCUT2D eigenvalue weighted by Gasteiger charge is 2.13. The largest absolute Gasteiger partial charge is 0.293 e. The monoisotopic (exact) mass is 266 g/mol. The van der Waals surface area contributed by atoms with Crippen molar-refractivity contribution in [3.8, 4) is 0 Å². The second-order valence-corrected chi connectivity index (χ2v) is 4.92. The Morgan fingerprint density at radius 1 is 1.22 bits per heavy atom. The summed E-state index contributed by atoms with van der Waals surface area (Å²) >= 11 is 1.37. The molecule has 1 aromatic carbocycles. The van der Waals surface area contributed by atoms with Crippen molar-refractivity contribution in [1.29, 1.82) is 0 Å². The normalized spacial score (nSPS) is 10.6. The van der Waals surface area contributed by atoms with E-state index >= 15 is 0 Å². The number of thiophene rings is 1. The zero-order chi connectivity index (χ0) is 13.1. The van der Waals surface area contributed by atoms with E-state index in [-0.39, 0.29) is 12.2 Å². The first-order chi connectivity index (χ1) is 8.60. The van der Waals surface area contributed by atoms with Gasteiger partial charge < -0.3 is 0 Å².